The summed E-state index contributed by atoms with van der Waals surface area (Å²) < 4.78 is 0. The maximum absolute atomic E-state index is 9.18. The summed E-state index contributed by atoms with van der Waals surface area (Å²) in [4.78, 5) is 3.51. The highest BCUT2D eigenvalue weighted by Gasteiger charge is 2.23. The molecule has 1 aromatic heterocycles. The molecule has 2 rings (SSSR count). The third-order valence-corrected chi connectivity index (χ3v) is 3.77. The van der Waals surface area contributed by atoms with Crippen molar-refractivity contribution in [3.05, 3.63) is 21.9 Å². The molecule has 0 saturated carbocycles. The summed E-state index contributed by atoms with van der Waals surface area (Å²) >= 11 is 1.63. The van der Waals surface area contributed by atoms with Crippen LogP contribution < -0.4 is 0 Å². The van der Waals surface area contributed by atoms with Crippen molar-refractivity contribution < 1.29 is 5.11 Å². The fourth-order valence-corrected chi connectivity index (χ4v) is 2.87. The van der Waals surface area contributed by atoms with Crippen molar-refractivity contribution >= 4 is 11.3 Å². The normalized spacial score (nSPS) is 21.7. The number of aliphatic hydroxyl groups is 1. The molecule has 1 N–H and O–H groups in total. The lowest BCUT2D eigenvalue weighted by Gasteiger charge is -2.21. The van der Waals surface area contributed by atoms with Crippen molar-refractivity contribution in [2.24, 2.45) is 0 Å². The molecular formula is C11H14N2OS. The molecule has 2 heterocycles. The molecule has 15 heavy (non-hydrogen) atoms. The summed E-state index contributed by atoms with van der Waals surface area (Å²) in [6.07, 6.45) is 2.26. The first-order valence-corrected chi connectivity index (χ1v) is 6.04. The second-order valence-corrected chi connectivity index (χ2v) is 4.86. The van der Waals surface area contributed by atoms with Crippen LogP contribution in [0.25, 0.3) is 0 Å². The third kappa shape index (κ3) is 2.37. The van der Waals surface area contributed by atoms with Gasteiger partial charge in [-0.15, -0.1) is 11.3 Å². The molecule has 0 unspecified atom stereocenters. The van der Waals surface area contributed by atoms with Crippen LogP contribution >= 0.6 is 11.3 Å². The van der Waals surface area contributed by atoms with Gasteiger partial charge in [-0.2, -0.15) is 5.26 Å². The van der Waals surface area contributed by atoms with Crippen LogP contribution in [0.5, 0.6) is 0 Å². The number of nitriles is 1. The van der Waals surface area contributed by atoms with E-state index in [9.17, 15) is 5.11 Å². The highest BCUT2D eigenvalue weighted by atomic mass is 32.1. The largest absolute Gasteiger partial charge is 0.395 e. The van der Waals surface area contributed by atoms with E-state index in [1.807, 2.05) is 11.4 Å². The van der Waals surface area contributed by atoms with E-state index in [4.69, 9.17) is 5.26 Å². The second-order valence-electron chi connectivity index (χ2n) is 3.86. The Kier molecular flexibility index (Phi) is 3.37. The minimum absolute atomic E-state index is 0.247. The molecule has 1 atom stereocenters. The molecule has 4 heteroatoms. The highest BCUT2D eigenvalue weighted by Crippen LogP contribution is 2.22. The van der Waals surface area contributed by atoms with E-state index in [1.54, 1.807) is 11.3 Å². The fraction of sp³-hybridized carbons (Fsp3) is 0.545. The Morgan fingerprint density at radius 2 is 2.53 bits per heavy atom. The Labute approximate surface area is 93.6 Å². The third-order valence-electron chi connectivity index (χ3n) is 2.85. The number of thiophene rings is 1. The predicted molar refractivity (Wildman–Crippen MR) is 59.6 cm³/mol. The van der Waals surface area contributed by atoms with E-state index >= 15 is 0 Å². The standard InChI is InChI=1S/C11H14N2OS/c12-5-9-4-11(15-8-9)6-13-3-1-2-10(13)7-14/h4,8,10,14H,1-3,6-7H2/t10-/m1/s1. The average Bonchev–Trinajstić information content (AvgIpc) is 2.87. The molecule has 0 amide bonds. The number of hydrogen-bond acceptors (Lipinski definition) is 4. The minimum Gasteiger partial charge on any atom is -0.395 e. The summed E-state index contributed by atoms with van der Waals surface area (Å²) in [6, 6.07) is 4.40. The number of likely N-dealkylation sites (tertiary alicyclic amines) is 1. The molecule has 80 valence electrons. The molecule has 1 aliphatic heterocycles. The zero-order valence-electron chi connectivity index (χ0n) is 8.52. The topological polar surface area (TPSA) is 47.3 Å². The summed E-state index contributed by atoms with van der Waals surface area (Å²) in [5.74, 6) is 0. The molecule has 0 aromatic carbocycles. The number of nitrogens with zero attached hydrogens (tertiary/aromatic N) is 2. The quantitative estimate of drug-likeness (QED) is 0.844. The lowest BCUT2D eigenvalue weighted by Crippen LogP contribution is -2.31. The van der Waals surface area contributed by atoms with Gasteiger partial charge in [0, 0.05) is 22.8 Å². The monoisotopic (exact) mass is 222 g/mol. The van der Waals surface area contributed by atoms with E-state index in [2.05, 4.69) is 11.0 Å². The summed E-state index contributed by atoms with van der Waals surface area (Å²) in [5.41, 5.74) is 0.745. The molecule has 0 radical (unpaired) electrons. The van der Waals surface area contributed by atoms with Crippen molar-refractivity contribution in [2.45, 2.75) is 25.4 Å². The summed E-state index contributed by atoms with van der Waals surface area (Å²) in [7, 11) is 0. The minimum atomic E-state index is 0.247. The van der Waals surface area contributed by atoms with Crippen LogP contribution in [-0.2, 0) is 6.54 Å². The van der Waals surface area contributed by atoms with Gasteiger partial charge in [0.05, 0.1) is 12.2 Å². The summed E-state index contributed by atoms with van der Waals surface area (Å²) in [6.45, 7) is 2.18. The fourth-order valence-electron chi connectivity index (χ4n) is 2.03. The van der Waals surface area contributed by atoms with Crippen LogP contribution in [0.3, 0.4) is 0 Å². The first-order valence-electron chi connectivity index (χ1n) is 5.16. The SMILES string of the molecule is N#Cc1csc(CN2CCC[C@@H]2CO)c1. The lowest BCUT2D eigenvalue weighted by molar-refractivity contribution is 0.154. The van der Waals surface area contributed by atoms with Gasteiger partial charge in [0.15, 0.2) is 0 Å². The predicted octanol–water partition coefficient (Wildman–Crippen LogP) is 1.58. The molecule has 0 aliphatic carbocycles. The molecule has 1 aliphatic rings. The first-order chi connectivity index (χ1) is 7.33. The van der Waals surface area contributed by atoms with Crippen LogP contribution in [-0.4, -0.2) is 29.2 Å². The van der Waals surface area contributed by atoms with E-state index in [0.29, 0.717) is 6.04 Å². The number of hydrogen-bond donors (Lipinski definition) is 1. The molecular weight excluding hydrogens is 208 g/mol. The van der Waals surface area contributed by atoms with Crippen molar-refractivity contribution in [1.29, 1.82) is 5.26 Å². The van der Waals surface area contributed by atoms with Crippen LogP contribution in [0.1, 0.15) is 23.3 Å². The molecule has 0 bridgehead atoms. The van der Waals surface area contributed by atoms with Crippen LogP contribution in [0.2, 0.25) is 0 Å². The zero-order chi connectivity index (χ0) is 10.7. The smallest absolute Gasteiger partial charge is 0.100 e. The van der Waals surface area contributed by atoms with Crippen molar-refractivity contribution in [2.75, 3.05) is 13.2 Å². The van der Waals surface area contributed by atoms with Gasteiger partial charge in [0.1, 0.15) is 6.07 Å². The van der Waals surface area contributed by atoms with E-state index in [1.165, 1.54) is 11.3 Å². The van der Waals surface area contributed by atoms with Gasteiger partial charge < -0.3 is 5.11 Å². The van der Waals surface area contributed by atoms with E-state index in [0.717, 1.165) is 25.1 Å². The van der Waals surface area contributed by atoms with Crippen LogP contribution in [0.4, 0.5) is 0 Å². The Morgan fingerprint density at radius 1 is 1.67 bits per heavy atom. The van der Waals surface area contributed by atoms with Gasteiger partial charge in [-0.25, -0.2) is 0 Å². The number of aliphatic hydroxyl groups excluding tert-OH is 1. The Bertz CT molecular complexity index is 369. The summed E-state index contributed by atoms with van der Waals surface area (Å²) in [5, 5.41) is 19.8. The average molecular weight is 222 g/mol. The van der Waals surface area contributed by atoms with Gasteiger partial charge in [-0.1, -0.05) is 0 Å². The van der Waals surface area contributed by atoms with Crippen molar-refractivity contribution in [1.82, 2.24) is 4.90 Å². The second kappa shape index (κ2) is 4.75. The molecule has 1 saturated heterocycles. The lowest BCUT2D eigenvalue weighted by atomic mass is 10.2. The van der Waals surface area contributed by atoms with Gasteiger partial charge in [-0.05, 0) is 25.5 Å². The van der Waals surface area contributed by atoms with Crippen molar-refractivity contribution in [3.8, 4) is 6.07 Å². The molecule has 3 nitrogen and oxygen atoms in total. The maximum atomic E-state index is 9.18. The van der Waals surface area contributed by atoms with Crippen LogP contribution in [0, 0.1) is 11.3 Å². The van der Waals surface area contributed by atoms with Gasteiger partial charge >= 0.3 is 0 Å². The number of rotatable bonds is 3. The van der Waals surface area contributed by atoms with E-state index in [-0.39, 0.29) is 6.61 Å². The molecule has 0 spiro atoms. The van der Waals surface area contributed by atoms with E-state index < -0.39 is 0 Å². The van der Waals surface area contributed by atoms with Gasteiger partial charge in [-0.3, -0.25) is 4.90 Å². The Morgan fingerprint density at radius 3 is 3.20 bits per heavy atom. The van der Waals surface area contributed by atoms with Crippen LogP contribution in [0.15, 0.2) is 11.4 Å². The van der Waals surface area contributed by atoms with Gasteiger partial charge in [0.25, 0.3) is 0 Å². The maximum Gasteiger partial charge on any atom is 0.100 e. The highest BCUT2D eigenvalue weighted by molar-refractivity contribution is 7.10. The van der Waals surface area contributed by atoms with Gasteiger partial charge in [0.2, 0.25) is 0 Å². The Hall–Kier alpha value is -0.890. The molecule has 1 aromatic rings. The zero-order valence-corrected chi connectivity index (χ0v) is 9.33. The molecule has 1 fully saturated rings. The Balaban J connectivity index is 1.99. The first kappa shape index (κ1) is 10.6. The van der Waals surface area contributed by atoms with Crippen molar-refractivity contribution in [3.63, 3.8) is 0 Å².